The number of aliphatic hydroxyl groups is 1. The second-order valence-corrected chi connectivity index (χ2v) is 13.3. The molecule has 0 aliphatic heterocycles. The van der Waals surface area contributed by atoms with Gasteiger partial charge in [-0.2, -0.15) is 0 Å². The van der Waals surface area contributed by atoms with Crippen molar-refractivity contribution in [2.75, 3.05) is 27.7 Å². The Morgan fingerprint density at radius 1 is 0.629 bits per heavy atom. The van der Waals surface area contributed by atoms with E-state index in [4.69, 9.17) is 0 Å². The van der Waals surface area contributed by atoms with Crippen LogP contribution in [0.25, 0.3) is 0 Å². The Kier molecular flexibility index (Phi) is 20.3. The Bertz CT molecular complexity index is 594. The standard InChI is InChI=1S/C29H58NO4P/c1-5-6-7-8-9-10-11-12-13-14-15-16-17-18-19-20-21-22-23-24-25-26-27-29(31,35(32,33)34)28-30(2,3)4/h6-7,20-21,31H,5,8-19,22-28H2,1-4H3,(H-,32,33,34)/p+1/b7-6-,21-20-. The van der Waals surface area contributed by atoms with Crippen LogP contribution in [-0.4, -0.2) is 52.4 Å². The number of hydrogen-bond acceptors (Lipinski definition) is 2. The SMILES string of the molecule is CC/C=C\CCCCCCCCCCCC/C=C\CCCCCCC(O)(C[N+](C)(C)C)P(=O)(O)O. The summed E-state index contributed by atoms with van der Waals surface area (Å²) in [5, 5.41) is 8.64. The molecule has 0 aromatic heterocycles. The van der Waals surface area contributed by atoms with Crippen molar-refractivity contribution >= 4 is 7.60 Å². The van der Waals surface area contributed by atoms with Gasteiger partial charge in [-0.3, -0.25) is 4.57 Å². The van der Waals surface area contributed by atoms with Crippen LogP contribution >= 0.6 is 7.60 Å². The second-order valence-electron chi connectivity index (χ2n) is 11.4. The Hall–Kier alpha value is -0.450. The number of rotatable bonds is 24. The van der Waals surface area contributed by atoms with Crippen molar-refractivity contribution < 1.29 is 23.9 Å². The molecule has 0 aliphatic carbocycles. The zero-order valence-electron chi connectivity index (χ0n) is 23.6. The van der Waals surface area contributed by atoms with E-state index in [-0.39, 0.29) is 13.0 Å². The molecule has 0 amide bonds. The Labute approximate surface area is 217 Å². The highest BCUT2D eigenvalue weighted by Gasteiger charge is 2.48. The molecule has 35 heavy (non-hydrogen) atoms. The van der Waals surface area contributed by atoms with Crippen LogP contribution in [0.1, 0.15) is 129 Å². The van der Waals surface area contributed by atoms with Crippen molar-refractivity contribution in [1.29, 1.82) is 0 Å². The zero-order chi connectivity index (χ0) is 26.5. The molecule has 0 bridgehead atoms. The molecule has 0 spiro atoms. The van der Waals surface area contributed by atoms with Crippen LogP contribution < -0.4 is 0 Å². The molecule has 3 N–H and O–H groups in total. The summed E-state index contributed by atoms with van der Waals surface area (Å²) < 4.78 is 12.1. The Morgan fingerprint density at radius 3 is 1.31 bits per heavy atom. The van der Waals surface area contributed by atoms with Crippen molar-refractivity contribution in [3.05, 3.63) is 24.3 Å². The van der Waals surface area contributed by atoms with Crippen LogP contribution in [0, 0.1) is 0 Å². The number of unbranched alkanes of at least 4 members (excludes halogenated alkanes) is 15. The van der Waals surface area contributed by atoms with Gasteiger partial charge in [-0.1, -0.05) is 95.4 Å². The highest BCUT2D eigenvalue weighted by Crippen LogP contribution is 2.52. The first-order valence-corrected chi connectivity index (χ1v) is 16.0. The van der Waals surface area contributed by atoms with E-state index in [2.05, 4.69) is 31.2 Å². The molecule has 0 fully saturated rings. The molecule has 0 heterocycles. The van der Waals surface area contributed by atoms with E-state index in [0.29, 0.717) is 10.9 Å². The number of nitrogens with zero attached hydrogens (tertiary/aromatic N) is 1. The highest BCUT2D eigenvalue weighted by molar-refractivity contribution is 7.53. The average Bonchev–Trinajstić information content (AvgIpc) is 2.75. The monoisotopic (exact) mass is 516 g/mol. The second kappa shape index (κ2) is 20.6. The normalized spacial score (nSPS) is 14.8. The van der Waals surface area contributed by atoms with Gasteiger partial charge < -0.3 is 19.4 Å². The molecule has 0 aliphatic rings. The van der Waals surface area contributed by atoms with Gasteiger partial charge in [-0.25, -0.2) is 0 Å². The van der Waals surface area contributed by atoms with Gasteiger partial charge >= 0.3 is 7.60 Å². The molecule has 0 saturated heterocycles. The largest absolute Gasteiger partial charge is 0.373 e. The average molecular weight is 517 g/mol. The van der Waals surface area contributed by atoms with Crippen molar-refractivity contribution in [2.24, 2.45) is 0 Å². The minimum atomic E-state index is -4.55. The number of hydrogen-bond donors (Lipinski definition) is 3. The first-order valence-electron chi connectivity index (χ1n) is 14.4. The quantitative estimate of drug-likeness (QED) is 0.0524. The summed E-state index contributed by atoms with van der Waals surface area (Å²) in [5.41, 5.74) is 0. The lowest BCUT2D eigenvalue weighted by Crippen LogP contribution is -2.49. The fourth-order valence-electron chi connectivity index (χ4n) is 4.56. The van der Waals surface area contributed by atoms with Crippen molar-refractivity contribution in [3.8, 4) is 0 Å². The zero-order valence-corrected chi connectivity index (χ0v) is 24.5. The van der Waals surface area contributed by atoms with Gasteiger partial charge in [-0.15, -0.1) is 0 Å². The first-order chi connectivity index (χ1) is 16.5. The fourth-order valence-corrected chi connectivity index (χ4v) is 5.62. The lowest BCUT2D eigenvalue weighted by molar-refractivity contribution is -0.875. The first kappa shape index (κ1) is 34.6. The number of likely N-dealkylation sites (N-methyl/N-ethyl adjacent to an activating group) is 1. The lowest BCUT2D eigenvalue weighted by atomic mass is 10.0. The topological polar surface area (TPSA) is 77.8 Å². The highest BCUT2D eigenvalue weighted by atomic mass is 31.2. The van der Waals surface area contributed by atoms with Crippen molar-refractivity contribution in [2.45, 2.75) is 134 Å². The molecular formula is C29H59NO4P+. The molecular weight excluding hydrogens is 457 g/mol. The maximum atomic E-state index is 11.8. The summed E-state index contributed by atoms with van der Waals surface area (Å²) >= 11 is 0. The molecule has 6 heteroatoms. The third kappa shape index (κ3) is 21.4. The summed E-state index contributed by atoms with van der Waals surface area (Å²) in [5.74, 6) is 0. The molecule has 0 radical (unpaired) electrons. The van der Waals surface area contributed by atoms with E-state index < -0.39 is 12.9 Å². The van der Waals surface area contributed by atoms with Gasteiger partial charge in [0, 0.05) is 0 Å². The van der Waals surface area contributed by atoms with E-state index >= 15 is 0 Å². The van der Waals surface area contributed by atoms with Crippen molar-refractivity contribution in [1.82, 2.24) is 0 Å². The van der Waals surface area contributed by atoms with E-state index in [9.17, 15) is 19.5 Å². The third-order valence-corrected chi connectivity index (χ3v) is 7.98. The van der Waals surface area contributed by atoms with Gasteiger partial charge in [0.05, 0.1) is 21.1 Å². The molecule has 0 saturated carbocycles. The summed E-state index contributed by atoms with van der Waals surface area (Å²) in [6.07, 6.45) is 31.4. The third-order valence-electron chi connectivity index (χ3n) is 6.53. The predicted molar refractivity (Wildman–Crippen MR) is 152 cm³/mol. The number of allylic oxidation sites excluding steroid dienone is 4. The molecule has 0 aromatic rings. The molecule has 0 aromatic carbocycles. The van der Waals surface area contributed by atoms with Crippen LogP contribution in [0.4, 0.5) is 0 Å². The van der Waals surface area contributed by atoms with Crippen LogP contribution in [0.2, 0.25) is 0 Å². The van der Waals surface area contributed by atoms with E-state index in [1.165, 1.54) is 77.0 Å². The van der Waals surface area contributed by atoms with Gasteiger partial charge in [0.1, 0.15) is 6.54 Å². The molecule has 208 valence electrons. The minimum absolute atomic E-state index is 0.0530. The van der Waals surface area contributed by atoms with E-state index in [1.54, 1.807) is 0 Å². The molecule has 1 unspecified atom stereocenters. The number of quaternary nitrogens is 1. The van der Waals surface area contributed by atoms with Crippen LogP contribution in [0.15, 0.2) is 24.3 Å². The minimum Gasteiger partial charge on any atom is -0.373 e. The van der Waals surface area contributed by atoms with E-state index in [1.807, 2.05) is 21.1 Å². The van der Waals surface area contributed by atoms with Crippen LogP contribution in [-0.2, 0) is 4.57 Å². The molecule has 5 nitrogen and oxygen atoms in total. The van der Waals surface area contributed by atoms with Crippen molar-refractivity contribution in [3.63, 3.8) is 0 Å². The Morgan fingerprint density at radius 2 is 0.971 bits per heavy atom. The summed E-state index contributed by atoms with van der Waals surface area (Å²) in [6, 6.07) is 0. The van der Waals surface area contributed by atoms with Gasteiger partial charge in [0.2, 0.25) is 5.34 Å². The Balaban J connectivity index is 3.55. The maximum Gasteiger partial charge on any atom is 0.362 e. The van der Waals surface area contributed by atoms with Gasteiger partial charge in [-0.05, 0) is 57.8 Å². The van der Waals surface area contributed by atoms with E-state index in [0.717, 1.165) is 32.1 Å². The van der Waals surface area contributed by atoms with Gasteiger partial charge in [0.25, 0.3) is 0 Å². The lowest BCUT2D eigenvalue weighted by Gasteiger charge is -2.35. The predicted octanol–water partition coefficient (Wildman–Crippen LogP) is 8.10. The molecule has 0 rings (SSSR count). The fraction of sp³-hybridized carbons (Fsp3) is 0.862. The summed E-state index contributed by atoms with van der Waals surface area (Å²) in [7, 11) is 0.958. The summed E-state index contributed by atoms with van der Waals surface area (Å²) in [4.78, 5) is 19.2. The smallest absolute Gasteiger partial charge is 0.362 e. The van der Waals surface area contributed by atoms with Gasteiger partial charge in [0.15, 0.2) is 0 Å². The summed E-state index contributed by atoms with van der Waals surface area (Å²) in [6.45, 7) is 2.25. The van der Waals surface area contributed by atoms with Crippen LogP contribution in [0.5, 0.6) is 0 Å². The maximum absolute atomic E-state index is 11.8. The molecule has 1 atom stereocenters. The van der Waals surface area contributed by atoms with Crippen LogP contribution in [0.3, 0.4) is 0 Å².